The largest absolute Gasteiger partial charge is 0.271 e. The molecule has 0 aliphatic heterocycles. The monoisotopic (exact) mass is 365 g/mol. The van der Waals surface area contributed by atoms with Crippen LogP contribution in [-0.2, 0) is 17.5 Å². The summed E-state index contributed by atoms with van der Waals surface area (Å²) in [5.41, 5.74) is 1.90. The van der Waals surface area contributed by atoms with E-state index in [0.717, 1.165) is 5.56 Å². The third kappa shape index (κ3) is 4.67. The van der Waals surface area contributed by atoms with E-state index in [1.807, 2.05) is 32.9 Å². The maximum absolute atomic E-state index is 12.2. The Morgan fingerprint density at radius 2 is 2.21 bits per heavy atom. The third-order valence-electron chi connectivity index (χ3n) is 3.25. The molecule has 5 nitrogen and oxygen atoms in total. The molecular formula is C17H21ClN4OS. The molecule has 128 valence electrons. The van der Waals surface area contributed by atoms with Crippen LogP contribution in [0.3, 0.4) is 0 Å². The summed E-state index contributed by atoms with van der Waals surface area (Å²) in [4.78, 5) is 0. The van der Waals surface area contributed by atoms with Gasteiger partial charge in [0.05, 0.1) is 38.6 Å². The zero-order valence-corrected chi connectivity index (χ0v) is 15.7. The van der Waals surface area contributed by atoms with Crippen molar-refractivity contribution in [2.75, 3.05) is 0 Å². The summed E-state index contributed by atoms with van der Waals surface area (Å²) in [5.74, 6) is 0. The lowest BCUT2D eigenvalue weighted by Crippen LogP contribution is -2.40. The van der Waals surface area contributed by atoms with Crippen LogP contribution < -0.4 is 4.72 Å². The van der Waals surface area contributed by atoms with Gasteiger partial charge in [-0.3, -0.25) is 4.68 Å². The number of benzene rings is 1. The van der Waals surface area contributed by atoms with Gasteiger partial charge in [0, 0.05) is 19.1 Å². The highest BCUT2D eigenvalue weighted by atomic mass is 35.5. The molecule has 0 aliphatic rings. The fourth-order valence-electron chi connectivity index (χ4n) is 1.96. The minimum Gasteiger partial charge on any atom is -0.271 e. The third-order valence-corrected chi connectivity index (χ3v) is 5.21. The Kier molecular flexibility index (Phi) is 5.34. The number of halogens is 1. The maximum atomic E-state index is 12.2. The summed E-state index contributed by atoms with van der Waals surface area (Å²) in [6.07, 6.45) is 1.76. The van der Waals surface area contributed by atoms with Crippen LogP contribution in [0.2, 0.25) is 5.02 Å². The van der Waals surface area contributed by atoms with E-state index in [2.05, 4.69) is 9.82 Å². The molecular weight excluding hydrogens is 344 g/mol. The van der Waals surface area contributed by atoms with Crippen molar-refractivity contribution in [1.82, 2.24) is 14.5 Å². The molecule has 0 fully saturated rings. The Morgan fingerprint density at radius 3 is 2.79 bits per heavy atom. The topological polar surface area (TPSA) is 70.7 Å². The SMILES string of the molecule is [2H][C@](C)(Cn1ccc(-c2ccc(C#N)c(Cl)c2)n1)NS(=O)C(C)(C)C. The lowest BCUT2D eigenvalue weighted by molar-refractivity contribution is 0.506. The fourth-order valence-corrected chi connectivity index (χ4v) is 2.87. The molecule has 0 bridgehead atoms. The van der Waals surface area contributed by atoms with Gasteiger partial charge in [0.2, 0.25) is 0 Å². The molecule has 1 N–H and O–H groups in total. The second-order valence-corrected chi connectivity index (χ2v) is 8.84. The van der Waals surface area contributed by atoms with Crippen LogP contribution in [0.25, 0.3) is 11.3 Å². The predicted octanol–water partition coefficient (Wildman–Crippen LogP) is 3.52. The summed E-state index contributed by atoms with van der Waals surface area (Å²) < 4.78 is 24.6. The number of hydrogen-bond acceptors (Lipinski definition) is 3. The molecule has 0 saturated carbocycles. The minimum absolute atomic E-state index is 0.235. The van der Waals surface area contributed by atoms with Crippen LogP contribution in [0.4, 0.5) is 0 Å². The molecule has 0 spiro atoms. The van der Waals surface area contributed by atoms with Crippen molar-refractivity contribution in [3.05, 3.63) is 41.0 Å². The molecule has 1 heterocycles. The van der Waals surface area contributed by atoms with Gasteiger partial charge in [-0.1, -0.05) is 17.7 Å². The van der Waals surface area contributed by atoms with Gasteiger partial charge in [0.25, 0.3) is 0 Å². The van der Waals surface area contributed by atoms with E-state index in [4.69, 9.17) is 18.2 Å². The normalized spacial score (nSPS) is 16.1. The highest BCUT2D eigenvalue weighted by Gasteiger charge is 2.21. The van der Waals surface area contributed by atoms with Crippen molar-refractivity contribution in [2.24, 2.45) is 0 Å². The molecule has 0 radical (unpaired) electrons. The van der Waals surface area contributed by atoms with Gasteiger partial charge >= 0.3 is 0 Å². The molecule has 0 aliphatic carbocycles. The first-order chi connectivity index (χ1) is 11.5. The average molecular weight is 366 g/mol. The van der Waals surface area contributed by atoms with E-state index in [-0.39, 0.29) is 6.54 Å². The number of nitriles is 1. The summed E-state index contributed by atoms with van der Waals surface area (Å²) in [6.45, 7) is 7.46. The molecule has 1 aromatic heterocycles. The average Bonchev–Trinajstić information content (AvgIpc) is 2.93. The van der Waals surface area contributed by atoms with Gasteiger partial charge in [-0.2, -0.15) is 10.4 Å². The Morgan fingerprint density at radius 1 is 1.50 bits per heavy atom. The first kappa shape index (κ1) is 17.2. The Hall–Kier alpha value is -1.68. The second-order valence-electron chi connectivity index (χ2n) is 6.47. The van der Waals surface area contributed by atoms with E-state index in [1.165, 1.54) is 0 Å². The van der Waals surface area contributed by atoms with Gasteiger partial charge < -0.3 is 0 Å². The van der Waals surface area contributed by atoms with Crippen molar-refractivity contribution in [1.29, 1.82) is 5.26 Å². The van der Waals surface area contributed by atoms with E-state index in [0.29, 0.717) is 16.3 Å². The molecule has 0 saturated heterocycles. The zero-order chi connectivity index (χ0) is 18.8. The van der Waals surface area contributed by atoms with E-state index in [9.17, 15) is 4.21 Å². The van der Waals surface area contributed by atoms with Crippen molar-refractivity contribution < 1.29 is 5.58 Å². The smallest absolute Gasteiger partial charge is 0.101 e. The summed E-state index contributed by atoms with van der Waals surface area (Å²) >= 11 is 6.06. The Balaban J connectivity index is 2.15. The molecule has 1 unspecified atom stereocenters. The standard InChI is InChI=1S/C17H21ClN4OS/c1-12(21-24(23)17(2,3)4)11-22-8-7-16(20-22)13-5-6-14(10-19)15(18)9-13/h5-9,12,21H,11H2,1-4H3/t12-,24?/m0/s1/i12D. The predicted molar refractivity (Wildman–Crippen MR) is 97.9 cm³/mol. The number of aromatic nitrogens is 2. The highest BCUT2D eigenvalue weighted by Crippen LogP contribution is 2.24. The quantitative estimate of drug-likeness (QED) is 0.881. The van der Waals surface area contributed by atoms with Crippen molar-refractivity contribution in [3.63, 3.8) is 0 Å². The fraction of sp³-hybridized carbons (Fsp3) is 0.412. The molecule has 1 aromatic carbocycles. The Bertz CT molecular complexity index is 836. The molecule has 0 amide bonds. The molecule has 2 aromatic rings. The van der Waals surface area contributed by atoms with Gasteiger partial charge in [-0.25, -0.2) is 8.93 Å². The number of nitrogens with one attached hydrogen (secondary N) is 1. The molecule has 7 heteroatoms. The van der Waals surface area contributed by atoms with Crippen LogP contribution in [0.5, 0.6) is 0 Å². The molecule has 24 heavy (non-hydrogen) atoms. The van der Waals surface area contributed by atoms with Crippen LogP contribution in [0.1, 0.15) is 34.6 Å². The van der Waals surface area contributed by atoms with Gasteiger partial charge in [-0.05, 0) is 45.9 Å². The van der Waals surface area contributed by atoms with Gasteiger partial charge in [0.1, 0.15) is 6.07 Å². The van der Waals surface area contributed by atoms with E-state index in [1.54, 1.807) is 36.0 Å². The van der Waals surface area contributed by atoms with Crippen LogP contribution in [0, 0.1) is 11.3 Å². The van der Waals surface area contributed by atoms with Crippen molar-refractivity contribution in [3.8, 4) is 17.3 Å². The van der Waals surface area contributed by atoms with Gasteiger partial charge in [0.15, 0.2) is 0 Å². The van der Waals surface area contributed by atoms with Crippen LogP contribution >= 0.6 is 11.6 Å². The van der Waals surface area contributed by atoms with E-state index >= 15 is 0 Å². The van der Waals surface area contributed by atoms with E-state index < -0.39 is 21.8 Å². The lowest BCUT2D eigenvalue weighted by Gasteiger charge is -2.21. The number of nitrogens with zero attached hydrogens (tertiary/aromatic N) is 3. The first-order valence-electron chi connectivity index (χ1n) is 7.95. The molecule has 2 rings (SSSR count). The minimum atomic E-state index is -1.34. The zero-order valence-electron chi connectivity index (χ0n) is 15.1. The summed E-state index contributed by atoms with van der Waals surface area (Å²) in [6, 6.07) is 7.83. The highest BCUT2D eigenvalue weighted by molar-refractivity contribution is 7.84. The van der Waals surface area contributed by atoms with Crippen molar-refractivity contribution >= 4 is 22.6 Å². The number of hydrogen-bond donors (Lipinski definition) is 1. The number of rotatable bonds is 5. The maximum Gasteiger partial charge on any atom is 0.101 e. The summed E-state index contributed by atoms with van der Waals surface area (Å²) in [5, 5.41) is 13.8. The van der Waals surface area contributed by atoms with Gasteiger partial charge in [-0.15, -0.1) is 0 Å². The first-order valence-corrected chi connectivity index (χ1v) is 8.98. The summed E-state index contributed by atoms with van der Waals surface area (Å²) in [7, 11) is -1.34. The lowest BCUT2D eigenvalue weighted by atomic mass is 10.1. The molecule has 2 atom stereocenters. The Labute approximate surface area is 151 Å². The van der Waals surface area contributed by atoms with Crippen molar-refractivity contribution in [2.45, 2.75) is 45.0 Å². The van der Waals surface area contributed by atoms with Crippen LogP contribution in [0.15, 0.2) is 30.5 Å². The van der Waals surface area contributed by atoms with Crippen LogP contribution in [-0.4, -0.2) is 24.8 Å². The second kappa shape index (κ2) is 7.47.